The van der Waals surface area contributed by atoms with Crippen molar-refractivity contribution < 1.29 is 82.4 Å². The molecule has 0 aliphatic rings. The van der Waals surface area contributed by atoms with Crippen LogP contribution in [0.1, 0.15) is 138 Å². The van der Waals surface area contributed by atoms with Crippen molar-refractivity contribution in [3.63, 3.8) is 0 Å². The van der Waals surface area contributed by atoms with E-state index in [4.69, 9.17) is 67.2 Å². The van der Waals surface area contributed by atoms with Crippen LogP contribution in [0, 0.1) is 33.0 Å². The Morgan fingerprint density at radius 2 is 0.553 bits per heavy atom. The lowest BCUT2D eigenvalue weighted by Crippen LogP contribution is -2.61. The Kier molecular flexibility index (Phi) is 48.7. The number of carbonyl (C=O) groups excluding carboxylic acids is 13. The zero-order chi connectivity index (χ0) is 103. The van der Waals surface area contributed by atoms with Crippen LogP contribution >= 0.6 is 0 Å². The fourth-order valence-corrected chi connectivity index (χ4v) is 14.3. The van der Waals surface area contributed by atoms with Gasteiger partial charge in [0.1, 0.15) is 84.3 Å². The molecule has 14 atom stereocenters. The number of aromatic amines is 5. The molecule has 57 heteroatoms. The number of aliphatic carboxylic acids is 1. The fraction of sp³-hybridized carbons (Fsp3) is 0.524. The van der Waals surface area contributed by atoms with Gasteiger partial charge in [-0.2, -0.15) is 0 Å². The zero-order valence-corrected chi connectivity index (χ0v) is 78.2. The summed E-state index contributed by atoms with van der Waals surface area (Å²) in [5.74, 6) is -17.1. The predicted molar refractivity (Wildman–Crippen MR) is 509 cm³/mol. The second kappa shape index (κ2) is 60.5. The van der Waals surface area contributed by atoms with Crippen molar-refractivity contribution in [3.8, 4) is 5.75 Å². The number of hydrogen-bond acceptors (Lipinski definition) is 28. The average molecular weight is 1980 g/mol. The summed E-state index contributed by atoms with van der Waals surface area (Å²) >= 11 is 0. The predicted octanol–water partition coefficient (Wildman–Crippen LogP) is -10.0. The van der Waals surface area contributed by atoms with Crippen molar-refractivity contribution in [2.45, 2.75) is 227 Å². The minimum absolute atomic E-state index is 0.00876. The summed E-state index contributed by atoms with van der Waals surface area (Å²) in [7, 11) is 0. The van der Waals surface area contributed by atoms with E-state index in [1.54, 1.807) is 13.8 Å². The fourth-order valence-electron chi connectivity index (χ4n) is 14.3. The van der Waals surface area contributed by atoms with E-state index in [0.717, 1.165) is 0 Å². The molecule has 0 radical (unpaired) electrons. The van der Waals surface area contributed by atoms with Crippen LogP contribution in [0.5, 0.6) is 5.75 Å². The highest BCUT2D eigenvalue weighted by atomic mass is 16.4. The summed E-state index contributed by atoms with van der Waals surface area (Å²) in [4.78, 5) is 238. The Bertz CT molecular complexity index is 5010. The van der Waals surface area contributed by atoms with Gasteiger partial charge in [0.15, 0.2) is 29.8 Å². The monoisotopic (exact) mass is 1980 g/mol. The number of carboxylic acid groups (broad SMARTS) is 1. The number of nitrogens with one attached hydrogen (secondary N) is 28. The number of benzene rings is 1. The number of carboxylic acids is 1. The SMILES string of the molecule is CC(C)C[C@H](NC(=O)[C@H](CCCNC(=N)N)NC(=O)[C@H](CCCNC(=N)N)NC(=O)[C@H](CCCNC(=N)N)NC(=O)[C@H](CO)NC(=O)[C@H](CCCCN)NC(=O)[C@H](Cc1cnc[nH]1)NC(=O)[C@H](CCCNC(=N)N)NC(=O)[C@H](CCCNC(=N)N)NC(=O)[C@H](Cc1ccc(O)cc1)NC(=O)[C@H](Cc1cnc[nH]1)NC(=O)[C@@H](N)Cc1cnc[nH]1)C(=O)N[C@@H](Cc1cnc[nH]1)C(=O)N[C@@H](Cc1cnc[nH]1)C(=O)O. The molecule has 6 rings (SSSR count). The Balaban J connectivity index is 1.27. The second-order valence-electron chi connectivity index (χ2n) is 33.5. The van der Waals surface area contributed by atoms with E-state index in [9.17, 15) is 63.3 Å². The molecule has 45 N–H and O–H groups in total. The number of hydrogen-bond donors (Lipinski definition) is 38. The molecule has 0 saturated carbocycles. The number of amides is 13. The summed E-state index contributed by atoms with van der Waals surface area (Å²) in [6, 6.07) is -16.4. The smallest absolute Gasteiger partial charge is 0.326 e. The van der Waals surface area contributed by atoms with Gasteiger partial charge in [0.2, 0.25) is 76.8 Å². The van der Waals surface area contributed by atoms with Gasteiger partial charge in [0, 0.05) is 131 Å². The molecule has 5 heterocycles. The third-order valence-corrected chi connectivity index (χ3v) is 21.6. The molecule has 0 unspecified atom stereocenters. The quantitative estimate of drug-likeness (QED) is 0.00958. The Labute approximate surface area is 809 Å². The lowest BCUT2D eigenvalue weighted by atomic mass is 10.0. The van der Waals surface area contributed by atoms with Crippen molar-refractivity contribution >= 4 is 113 Å². The molecule has 0 fully saturated rings. The number of H-pyrrole nitrogens is 5. The van der Waals surface area contributed by atoms with Gasteiger partial charge in [-0.05, 0) is 120 Å². The van der Waals surface area contributed by atoms with Crippen molar-refractivity contribution in [1.82, 2.24) is 146 Å². The summed E-state index contributed by atoms with van der Waals surface area (Å²) in [6.07, 6.45) is 10.9. The molecule has 0 aliphatic carbocycles. The number of phenolic OH excluding ortho intramolecular Hbond substituents is 1. The van der Waals surface area contributed by atoms with Crippen molar-refractivity contribution in [1.29, 1.82) is 27.0 Å². The second-order valence-corrected chi connectivity index (χ2v) is 33.5. The topological polar surface area (TPSA) is 961 Å². The molecule has 0 bridgehead atoms. The highest BCUT2D eigenvalue weighted by molar-refractivity contribution is 6.01. The van der Waals surface area contributed by atoms with Crippen molar-refractivity contribution in [3.05, 3.63) is 121 Å². The van der Waals surface area contributed by atoms with Gasteiger partial charge in [-0.25, -0.2) is 29.7 Å². The third kappa shape index (κ3) is 43.0. The first kappa shape index (κ1) is 114. The van der Waals surface area contributed by atoms with Crippen LogP contribution in [0.4, 0.5) is 0 Å². The van der Waals surface area contributed by atoms with Crippen LogP contribution in [0.3, 0.4) is 0 Å². The van der Waals surface area contributed by atoms with Gasteiger partial charge in [0.25, 0.3) is 0 Å². The normalized spacial score (nSPS) is 14.0. The first-order valence-corrected chi connectivity index (χ1v) is 45.6. The summed E-state index contributed by atoms with van der Waals surface area (Å²) in [5, 5.41) is 117. The number of aliphatic hydroxyl groups is 1. The van der Waals surface area contributed by atoms with Gasteiger partial charge in [0.05, 0.1) is 44.3 Å². The van der Waals surface area contributed by atoms with Gasteiger partial charge in [-0.15, -0.1) is 0 Å². The molecular formula is C84H134N40O17. The van der Waals surface area contributed by atoms with Crippen LogP contribution in [0.25, 0.3) is 0 Å². The first-order valence-electron chi connectivity index (χ1n) is 45.6. The van der Waals surface area contributed by atoms with E-state index in [1.165, 1.54) is 86.9 Å². The highest BCUT2D eigenvalue weighted by Gasteiger charge is 2.39. The number of guanidine groups is 5. The average Bonchev–Trinajstić information content (AvgIpc) is 1.73. The Hall–Kier alpha value is -16.1. The van der Waals surface area contributed by atoms with Gasteiger partial charge < -0.3 is 176 Å². The van der Waals surface area contributed by atoms with Crippen LogP contribution in [0.15, 0.2) is 86.9 Å². The third-order valence-electron chi connectivity index (χ3n) is 21.6. The molecular weight excluding hydrogens is 1840 g/mol. The number of rotatable bonds is 66. The molecule has 141 heavy (non-hydrogen) atoms. The minimum Gasteiger partial charge on any atom is -0.508 e. The molecule has 5 aromatic heterocycles. The number of nitrogens with zero attached hydrogens (tertiary/aromatic N) is 5. The van der Waals surface area contributed by atoms with Crippen molar-refractivity contribution in [2.24, 2.45) is 46.1 Å². The van der Waals surface area contributed by atoms with Crippen LogP contribution in [-0.2, 0) is 106 Å². The molecule has 13 amide bonds. The maximum absolute atomic E-state index is 15.1. The molecule has 0 spiro atoms. The van der Waals surface area contributed by atoms with Crippen molar-refractivity contribution in [2.75, 3.05) is 45.9 Å². The number of aromatic hydroxyl groups is 1. The van der Waals surface area contributed by atoms with Gasteiger partial charge in [-0.3, -0.25) is 89.4 Å². The lowest BCUT2D eigenvalue weighted by molar-refractivity contribution is -0.142. The Morgan fingerprint density at radius 3 is 0.823 bits per heavy atom. The van der Waals surface area contributed by atoms with Gasteiger partial charge >= 0.3 is 5.97 Å². The molecule has 1 aromatic carbocycles. The number of unbranched alkanes of at least 4 members (excludes halogenated alkanes) is 1. The first-order chi connectivity index (χ1) is 67.3. The summed E-state index contributed by atoms with van der Waals surface area (Å²) in [5.41, 5.74) is 42.4. The van der Waals surface area contributed by atoms with Crippen LogP contribution < -0.4 is 136 Å². The standard InChI is InChI=1S/C84H134N40O17/c1-44(2)26-59(73(134)122-63(31-49-36-100-42-110-49)77(138)123-64(79(140)141)32-50-37-101-43-111-50)119-70(131)57(14-8-24-105-83(93)94)113-67(128)54(11-5-21-102-80(87)88)112-69(130)56(13-7-23-104-82(91)92)117-78(139)65(38-125)124-72(133)53(10-3-4-20-85)115-75(136)62(30-48-35-99-41-109-48)121-71(132)58(15-9-25-106-84(95)96)114-68(129)55(12-6-22-103-81(89)90)116-74(135)60(27-45-16-18-51(126)19-17-45)120-76(137)61(29-47-34-98-40-108-47)118-66(127)52(86)28-46-33-97-39-107-46/h16-19,33-37,39-44,52-65,125-126H,3-15,20-32,38,85-86H2,1-2H3,(H,97,107)(H,98,108)(H,99,109)(H,100,110)(H,101,111)(H,112,130)(H,113,128)(H,114,129)(H,115,136)(H,116,135)(H,117,139)(H,118,127)(H,119,131)(H,120,137)(H,121,132)(H,122,134)(H,123,138)(H,124,133)(H,140,141)(H4,87,88,102)(H4,89,90,103)(H4,91,92,104)(H4,93,94,105)(H4,95,96,106)/t52-,53-,54-,55-,56-,57-,58-,59-,60-,61-,62-,63-,64-,65-/m0/s1. The number of aliphatic hydroxyl groups excluding tert-OH is 1. The Morgan fingerprint density at radius 1 is 0.319 bits per heavy atom. The molecule has 0 saturated heterocycles. The minimum atomic E-state index is -1.95. The maximum atomic E-state index is 15.1. The number of aromatic nitrogens is 10. The number of carbonyl (C=O) groups is 14. The lowest BCUT2D eigenvalue weighted by Gasteiger charge is -2.29. The molecule has 57 nitrogen and oxygen atoms in total. The largest absolute Gasteiger partial charge is 0.508 e. The summed E-state index contributed by atoms with van der Waals surface area (Å²) in [6.45, 7) is 2.12. The van der Waals surface area contributed by atoms with E-state index in [1.807, 2.05) is 0 Å². The van der Waals surface area contributed by atoms with Crippen LogP contribution in [-0.4, -0.2) is 308 Å². The van der Waals surface area contributed by atoms with E-state index in [-0.39, 0.29) is 179 Å². The van der Waals surface area contributed by atoms with Crippen LogP contribution in [0.2, 0.25) is 0 Å². The van der Waals surface area contributed by atoms with E-state index in [0.29, 0.717) is 28.3 Å². The molecule has 0 aliphatic heterocycles. The molecule has 772 valence electrons. The van der Waals surface area contributed by atoms with Gasteiger partial charge in [-0.1, -0.05) is 26.0 Å². The number of phenols is 1. The van der Waals surface area contributed by atoms with E-state index < -0.39 is 210 Å². The summed E-state index contributed by atoms with van der Waals surface area (Å²) < 4.78 is 0. The maximum Gasteiger partial charge on any atom is 0.326 e. The molecule has 6 aromatic rings. The highest BCUT2D eigenvalue weighted by Crippen LogP contribution is 2.17. The van der Waals surface area contributed by atoms with E-state index in [2.05, 4.69) is 146 Å². The zero-order valence-electron chi connectivity index (χ0n) is 78.2. The van der Waals surface area contributed by atoms with E-state index >= 15 is 19.2 Å². The number of imidazole rings is 5. The number of nitrogens with two attached hydrogens (primary N) is 7.